The molecular weight excluding hydrogens is 320 g/mol. The molecule has 0 aliphatic heterocycles. The van der Waals surface area contributed by atoms with Gasteiger partial charge in [0.15, 0.2) is 12.7 Å². The van der Waals surface area contributed by atoms with Crippen molar-refractivity contribution >= 4 is 17.6 Å². The van der Waals surface area contributed by atoms with E-state index in [0.29, 0.717) is 17.0 Å². The Morgan fingerprint density at radius 1 is 1.12 bits per heavy atom. The molecule has 1 unspecified atom stereocenters. The molecule has 25 heavy (non-hydrogen) atoms. The monoisotopic (exact) mass is 338 g/mol. The van der Waals surface area contributed by atoms with Crippen molar-refractivity contribution in [2.75, 3.05) is 11.9 Å². The van der Waals surface area contributed by atoms with Crippen molar-refractivity contribution in [1.82, 2.24) is 0 Å². The van der Waals surface area contributed by atoms with Crippen LogP contribution in [-0.4, -0.2) is 24.6 Å². The Morgan fingerprint density at radius 2 is 1.76 bits per heavy atom. The van der Waals surface area contributed by atoms with Gasteiger partial charge in [-0.3, -0.25) is 4.79 Å². The zero-order valence-corrected chi connectivity index (χ0v) is 14.0. The van der Waals surface area contributed by atoms with Crippen molar-refractivity contribution in [1.29, 1.82) is 5.26 Å². The van der Waals surface area contributed by atoms with Gasteiger partial charge >= 0.3 is 5.97 Å². The number of benzene rings is 2. The topological polar surface area (TPSA) is 88.4 Å². The molecule has 1 N–H and O–H groups in total. The number of anilines is 1. The normalized spacial score (nSPS) is 11.1. The lowest BCUT2D eigenvalue weighted by molar-refractivity contribution is -0.153. The summed E-state index contributed by atoms with van der Waals surface area (Å²) in [6.45, 7) is 3.08. The van der Waals surface area contributed by atoms with Gasteiger partial charge in [0, 0.05) is 5.69 Å². The number of esters is 1. The predicted octanol–water partition coefficient (Wildman–Crippen LogP) is 2.82. The van der Waals surface area contributed by atoms with Gasteiger partial charge in [-0.05, 0) is 50.2 Å². The van der Waals surface area contributed by atoms with E-state index in [1.807, 2.05) is 25.1 Å². The molecule has 1 atom stereocenters. The van der Waals surface area contributed by atoms with Gasteiger partial charge in [-0.2, -0.15) is 5.26 Å². The van der Waals surface area contributed by atoms with E-state index in [1.54, 1.807) is 36.4 Å². The number of rotatable bonds is 6. The molecule has 0 fully saturated rings. The summed E-state index contributed by atoms with van der Waals surface area (Å²) in [5.74, 6) is -0.640. The van der Waals surface area contributed by atoms with Gasteiger partial charge in [-0.15, -0.1) is 0 Å². The van der Waals surface area contributed by atoms with Gasteiger partial charge in [-0.25, -0.2) is 4.79 Å². The highest BCUT2D eigenvalue weighted by molar-refractivity contribution is 5.93. The van der Waals surface area contributed by atoms with Crippen LogP contribution in [-0.2, 0) is 14.3 Å². The molecule has 0 aliphatic carbocycles. The quantitative estimate of drug-likeness (QED) is 0.818. The molecule has 6 nitrogen and oxygen atoms in total. The molecule has 0 aliphatic rings. The first-order valence-corrected chi connectivity index (χ1v) is 7.68. The lowest BCUT2D eigenvalue weighted by Gasteiger charge is -2.14. The minimum Gasteiger partial charge on any atom is -0.479 e. The zero-order chi connectivity index (χ0) is 18.2. The van der Waals surface area contributed by atoms with Crippen LogP contribution < -0.4 is 10.1 Å². The molecule has 2 aromatic rings. The maximum atomic E-state index is 11.9. The third-order valence-corrected chi connectivity index (χ3v) is 3.31. The Labute approximate surface area is 146 Å². The minimum atomic E-state index is -0.875. The number of hydrogen-bond donors (Lipinski definition) is 1. The number of nitriles is 1. The van der Waals surface area contributed by atoms with E-state index < -0.39 is 24.6 Å². The second-order valence-electron chi connectivity index (χ2n) is 5.42. The smallest absolute Gasteiger partial charge is 0.347 e. The van der Waals surface area contributed by atoms with Gasteiger partial charge in [0.05, 0.1) is 11.6 Å². The minimum absolute atomic E-state index is 0.395. The summed E-state index contributed by atoms with van der Waals surface area (Å²) >= 11 is 0. The lowest BCUT2D eigenvalue weighted by atomic mass is 10.2. The fourth-order valence-electron chi connectivity index (χ4n) is 1.95. The molecule has 0 saturated carbocycles. The molecule has 6 heteroatoms. The van der Waals surface area contributed by atoms with Crippen LogP contribution in [0.15, 0.2) is 48.5 Å². The van der Waals surface area contributed by atoms with Crippen LogP contribution in [0.4, 0.5) is 5.69 Å². The zero-order valence-electron chi connectivity index (χ0n) is 14.0. The first-order valence-electron chi connectivity index (χ1n) is 7.68. The van der Waals surface area contributed by atoms with Crippen LogP contribution in [0, 0.1) is 18.3 Å². The van der Waals surface area contributed by atoms with Gasteiger partial charge in [-0.1, -0.05) is 17.7 Å². The third kappa shape index (κ3) is 5.66. The second kappa shape index (κ2) is 8.50. The Kier molecular flexibility index (Phi) is 6.13. The number of nitrogens with one attached hydrogen (secondary N) is 1. The average molecular weight is 338 g/mol. The molecule has 2 aromatic carbocycles. The molecule has 128 valence electrons. The highest BCUT2D eigenvalue weighted by Gasteiger charge is 2.18. The summed E-state index contributed by atoms with van der Waals surface area (Å²) in [6, 6.07) is 15.6. The van der Waals surface area contributed by atoms with E-state index >= 15 is 0 Å². The van der Waals surface area contributed by atoms with Crippen molar-refractivity contribution in [3.8, 4) is 11.8 Å². The molecule has 0 spiro atoms. The van der Waals surface area contributed by atoms with Crippen LogP contribution in [0.1, 0.15) is 18.1 Å². The fraction of sp³-hybridized carbons (Fsp3) is 0.211. The molecule has 0 aromatic heterocycles. The van der Waals surface area contributed by atoms with Crippen LogP contribution in [0.25, 0.3) is 0 Å². The highest BCUT2D eigenvalue weighted by Crippen LogP contribution is 2.14. The number of nitrogens with zero attached hydrogens (tertiary/aromatic N) is 1. The van der Waals surface area contributed by atoms with Crippen LogP contribution in [0.2, 0.25) is 0 Å². The van der Waals surface area contributed by atoms with Gasteiger partial charge in [0.2, 0.25) is 0 Å². The van der Waals surface area contributed by atoms with Crippen molar-refractivity contribution in [2.45, 2.75) is 20.0 Å². The molecule has 0 bridgehead atoms. The van der Waals surface area contributed by atoms with E-state index in [2.05, 4.69) is 5.32 Å². The molecule has 2 rings (SSSR count). The SMILES string of the molecule is Cc1ccc(NC(=O)COC(=O)C(C)Oc2ccc(C#N)cc2)cc1. The van der Waals surface area contributed by atoms with Crippen molar-refractivity contribution in [3.63, 3.8) is 0 Å². The van der Waals surface area contributed by atoms with E-state index in [-0.39, 0.29) is 0 Å². The van der Waals surface area contributed by atoms with Gasteiger partial charge in [0.25, 0.3) is 5.91 Å². The Hall–Kier alpha value is -3.33. The summed E-state index contributed by atoms with van der Waals surface area (Å²) in [5.41, 5.74) is 2.21. The third-order valence-electron chi connectivity index (χ3n) is 3.31. The summed E-state index contributed by atoms with van der Waals surface area (Å²) in [5, 5.41) is 11.4. The van der Waals surface area contributed by atoms with Crippen molar-refractivity contribution < 1.29 is 19.1 Å². The first-order chi connectivity index (χ1) is 12.0. The van der Waals surface area contributed by atoms with Gasteiger partial charge < -0.3 is 14.8 Å². The first kappa shape index (κ1) is 18.0. The van der Waals surface area contributed by atoms with Crippen LogP contribution in [0.3, 0.4) is 0 Å². The Morgan fingerprint density at radius 3 is 2.36 bits per heavy atom. The van der Waals surface area contributed by atoms with Crippen LogP contribution >= 0.6 is 0 Å². The van der Waals surface area contributed by atoms with E-state index in [1.165, 1.54) is 6.92 Å². The molecule has 0 heterocycles. The molecule has 0 saturated heterocycles. The molecular formula is C19H18N2O4. The van der Waals surface area contributed by atoms with E-state index in [4.69, 9.17) is 14.7 Å². The second-order valence-corrected chi connectivity index (χ2v) is 5.42. The van der Waals surface area contributed by atoms with Gasteiger partial charge in [0.1, 0.15) is 5.75 Å². The molecule has 1 amide bonds. The Balaban J connectivity index is 1.79. The number of hydrogen-bond acceptors (Lipinski definition) is 5. The summed E-state index contributed by atoms with van der Waals surface area (Å²) < 4.78 is 10.4. The largest absolute Gasteiger partial charge is 0.479 e. The molecule has 0 radical (unpaired) electrons. The summed E-state index contributed by atoms with van der Waals surface area (Å²) in [6.07, 6.45) is -0.875. The number of ether oxygens (including phenoxy) is 2. The highest BCUT2D eigenvalue weighted by atomic mass is 16.6. The number of amides is 1. The average Bonchev–Trinajstić information content (AvgIpc) is 2.62. The van der Waals surface area contributed by atoms with E-state index in [9.17, 15) is 9.59 Å². The fourth-order valence-corrected chi connectivity index (χ4v) is 1.95. The predicted molar refractivity (Wildman–Crippen MR) is 92.0 cm³/mol. The Bertz CT molecular complexity index is 777. The maximum Gasteiger partial charge on any atom is 0.347 e. The van der Waals surface area contributed by atoms with Crippen LogP contribution in [0.5, 0.6) is 5.75 Å². The van der Waals surface area contributed by atoms with E-state index in [0.717, 1.165) is 5.56 Å². The standard InChI is InChI=1S/C19H18N2O4/c1-13-3-7-16(8-4-13)21-18(22)12-24-19(23)14(2)25-17-9-5-15(11-20)6-10-17/h3-10,14H,12H2,1-2H3,(H,21,22). The van der Waals surface area contributed by atoms with Crippen molar-refractivity contribution in [2.24, 2.45) is 0 Å². The summed E-state index contributed by atoms with van der Waals surface area (Å²) in [4.78, 5) is 23.7. The van der Waals surface area contributed by atoms with Crippen molar-refractivity contribution in [3.05, 3.63) is 59.7 Å². The summed E-state index contributed by atoms with van der Waals surface area (Å²) in [7, 11) is 0. The number of carbonyl (C=O) groups excluding carboxylic acids is 2. The lowest BCUT2D eigenvalue weighted by Crippen LogP contribution is -2.29. The number of aryl methyl sites for hydroxylation is 1. The number of carbonyl (C=O) groups is 2. The maximum absolute atomic E-state index is 11.9.